The molecule has 1 aliphatic rings. The molecule has 0 N–H and O–H groups in total. The maximum Gasteiger partial charge on any atom is 0.227 e. The SMILES string of the molecule is O=C(Cc1ccccc1Cl)N1CC(Oc2ccncc2)C1. The second-order valence-corrected chi connectivity index (χ2v) is 5.40. The first-order valence-corrected chi connectivity index (χ1v) is 7.18. The maximum absolute atomic E-state index is 12.1. The molecule has 0 bridgehead atoms. The molecule has 21 heavy (non-hydrogen) atoms. The molecule has 5 heteroatoms. The quantitative estimate of drug-likeness (QED) is 0.872. The second kappa shape index (κ2) is 6.14. The van der Waals surface area contributed by atoms with Gasteiger partial charge in [-0.2, -0.15) is 0 Å². The fourth-order valence-electron chi connectivity index (χ4n) is 2.24. The number of hydrogen-bond donors (Lipinski definition) is 0. The Labute approximate surface area is 128 Å². The number of aromatic nitrogens is 1. The number of halogens is 1. The molecule has 0 saturated carbocycles. The number of pyridine rings is 1. The van der Waals surface area contributed by atoms with Crippen LogP contribution in [0.2, 0.25) is 5.02 Å². The Morgan fingerprint density at radius 2 is 1.95 bits per heavy atom. The third kappa shape index (κ3) is 3.34. The van der Waals surface area contributed by atoms with E-state index in [0.29, 0.717) is 24.5 Å². The summed E-state index contributed by atoms with van der Waals surface area (Å²) < 4.78 is 5.74. The molecule has 4 nitrogen and oxygen atoms in total. The Bertz CT molecular complexity index is 627. The zero-order valence-electron chi connectivity index (χ0n) is 11.4. The largest absolute Gasteiger partial charge is 0.487 e. The number of nitrogens with zero attached hydrogens (tertiary/aromatic N) is 2. The molecule has 2 heterocycles. The van der Waals surface area contributed by atoms with E-state index in [4.69, 9.17) is 16.3 Å². The van der Waals surface area contributed by atoms with Crippen molar-refractivity contribution in [1.82, 2.24) is 9.88 Å². The molecule has 0 unspecified atom stereocenters. The molecule has 1 aromatic carbocycles. The van der Waals surface area contributed by atoms with E-state index >= 15 is 0 Å². The first kappa shape index (κ1) is 13.9. The van der Waals surface area contributed by atoms with Gasteiger partial charge >= 0.3 is 0 Å². The van der Waals surface area contributed by atoms with Crippen molar-refractivity contribution in [1.29, 1.82) is 0 Å². The van der Waals surface area contributed by atoms with Gasteiger partial charge in [0, 0.05) is 17.4 Å². The summed E-state index contributed by atoms with van der Waals surface area (Å²) in [5, 5.41) is 0.635. The van der Waals surface area contributed by atoms with E-state index in [0.717, 1.165) is 11.3 Å². The summed E-state index contributed by atoms with van der Waals surface area (Å²) in [6, 6.07) is 11.1. The molecule has 0 aliphatic carbocycles. The summed E-state index contributed by atoms with van der Waals surface area (Å²) in [6.07, 6.45) is 3.77. The van der Waals surface area contributed by atoms with Crippen LogP contribution in [0.1, 0.15) is 5.56 Å². The van der Waals surface area contributed by atoms with Gasteiger partial charge in [0.15, 0.2) is 0 Å². The molecule has 0 spiro atoms. The van der Waals surface area contributed by atoms with Gasteiger partial charge in [-0.15, -0.1) is 0 Å². The molecule has 1 aliphatic heterocycles. The van der Waals surface area contributed by atoms with Crippen molar-refractivity contribution in [3.8, 4) is 5.75 Å². The first-order chi connectivity index (χ1) is 10.2. The molecule has 2 aromatic rings. The third-order valence-corrected chi connectivity index (χ3v) is 3.82. The summed E-state index contributed by atoms with van der Waals surface area (Å²) >= 11 is 6.07. The van der Waals surface area contributed by atoms with Crippen LogP contribution in [0.15, 0.2) is 48.8 Å². The van der Waals surface area contributed by atoms with Gasteiger partial charge in [0.25, 0.3) is 0 Å². The van der Waals surface area contributed by atoms with Gasteiger partial charge in [-0.05, 0) is 23.8 Å². The lowest BCUT2D eigenvalue weighted by Crippen LogP contribution is -2.56. The zero-order chi connectivity index (χ0) is 14.7. The first-order valence-electron chi connectivity index (χ1n) is 6.80. The van der Waals surface area contributed by atoms with Gasteiger partial charge in [0.05, 0.1) is 19.5 Å². The molecule has 1 amide bonds. The summed E-state index contributed by atoms with van der Waals surface area (Å²) in [4.78, 5) is 17.9. The van der Waals surface area contributed by atoms with Crippen LogP contribution in [0.25, 0.3) is 0 Å². The smallest absolute Gasteiger partial charge is 0.227 e. The lowest BCUT2D eigenvalue weighted by molar-refractivity contribution is -0.139. The van der Waals surface area contributed by atoms with Crippen molar-refractivity contribution in [2.24, 2.45) is 0 Å². The van der Waals surface area contributed by atoms with Gasteiger partial charge in [0.2, 0.25) is 5.91 Å². The number of amides is 1. The van der Waals surface area contributed by atoms with Gasteiger partial charge in [0.1, 0.15) is 11.9 Å². The number of carbonyl (C=O) groups is 1. The fraction of sp³-hybridized carbons (Fsp3) is 0.250. The average Bonchev–Trinajstić information content (AvgIpc) is 2.46. The van der Waals surface area contributed by atoms with E-state index in [1.807, 2.05) is 30.3 Å². The van der Waals surface area contributed by atoms with E-state index in [9.17, 15) is 4.79 Å². The number of benzene rings is 1. The van der Waals surface area contributed by atoms with Crippen LogP contribution in [0.4, 0.5) is 0 Å². The number of ether oxygens (including phenoxy) is 1. The average molecular weight is 303 g/mol. The highest BCUT2D eigenvalue weighted by Crippen LogP contribution is 2.20. The summed E-state index contributed by atoms with van der Waals surface area (Å²) in [5.74, 6) is 0.867. The summed E-state index contributed by atoms with van der Waals surface area (Å²) in [7, 11) is 0. The van der Waals surface area contributed by atoms with E-state index < -0.39 is 0 Å². The molecule has 0 atom stereocenters. The van der Waals surface area contributed by atoms with Crippen molar-refractivity contribution in [2.75, 3.05) is 13.1 Å². The highest BCUT2D eigenvalue weighted by Gasteiger charge is 2.32. The normalized spacial score (nSPS) is 14.6. The zero-order valence-corrected chi connectivity index (χ0v) is 12.2. The van der Waals surface area contributed by atoms with Crippen molar-refractivity contribution in [3.05, 3.63) is 59.4 Å². The topological polar surface area (TPSA) is 42.4 Å². The number of rotatable bonds is 4. The van der Waals surface area contributed by atoms with Crippen LogP contribution >= 0.6 is 11.6 Å². The van der Waals surface area contributed by atoms with Crippen molar-refractivity contribution in [2.45, 2.75) is 12.5 Å². The van der Waals surface area contributed by atoms with Gasteiger partial charge in [-0.25, -0.2) is 0 Å². The maximum atomic E-state index is 12.1. The predicted octanol–water partition coefficient (Wildman–Crippen LogP) is 2.57. The third-order valence-electron chi connectivity index (χ3n) is 3.45. The van der Waals surface area contributed by atoms with Crippen molar-refractivity contribution >= 4 is 17.5 Å². The van der Waals surface area contributed by atoms with Gasteiger partial charge in [-0.1, -0.05) is 29.8 Å². The molecule has 1 saturated heterocycles. The van der Waals surface area contributed by atoms with Gasteiger partial charge in [-0.3, -0.25) is 9.78 Å². The van der Waals surface area contributed by atoms with E-state index in [1.54, 1.807) is 23.4 Å². The number of carbonyl (C=O) groups excluding carboxylic acids is 1. The number of likely N-dealkylation sites (tertiary alicyclic amines) is 1. The molecular formula is C16H15ClN2O2. The minimum Gasteiger partial charge on any atom is -0.487 e. The Morgan fingerprint density at radius 1 is 1.24 bits per heavy atom. The Balaban J connectivity index is 1.50. The number of hydrogen-bond acceptors (Lipinski definition) is 3. The molecule has 1 fully saturated rings. The van der Waals surface area contributed by atoms with Crippen LogP contribution in [-0.4, -0.2) is 35.0 Å². The molecule has 0 radical (unpaired) electrons. The molecule has 3 rings (SSSR count). The lowest BCUT2D eigenvalue weighted by Gasteiger charge is -2.39. The van der Waals surface area contributed by atoms with Crippen LogP contribution in [0.3, 0.4) is 0 Å². The van der Waals surface area contributed by atoms with Crippen LogP contribution in [0, 0.1) is 0 Å². The highest BCUT2D eigenvalue weighted by atomic mass is 35.5. The summed E-state index contributed by atoms with van der Waals surface area (Å²) in [6.45, 7) is 1.23. The van der Waals surface area contributed by atoms with Crippen molar-refractivity contribution < 1.29 is 9.53 Å². The van der Waals surface area contributed by atoms with Crippen LogP contribution < -0.4 is 4.74 Å². The second-order valence-electron chi connectivity index (χ2n) is 4.99. The lowest BCUT2D eigenvalue weighted by atomic mass is 10.1. The van der Waals surface area contributed by atoms with Gasteiger partial charge < -0.3 is 9.64 Å². The summed E-state index contributed by atoms with van der Waals surface area (Å²) in [5.41, 5.74) is 0.864. The minimum atomic E-state index is 0.0580. The molecular weight excluding hydrogens is 288 g/mol. The molecule has 108 valence electrons. The predicted molar refractivity (Wildman–Crippen MR) is 80.4 cm³/mol. The van der Waals surface area contributed by atoms with E-state index in [1.165, 1.54) is 0 Å². The van der Waals surface area contributed by atoms with Crippen molar-refractivity contribution in [3.63, 3.8) is 0 Å². The Kier molecular flexibility index (Phi) is 4.06. The van der Waals surface area contributed by atoms with E-state index in [-0.39, 0.29) is 12.0 Å². The standard InChI is InChI=1S/C16H15ClN2O2/c17-15-4-2-1-3-12(15)9-16(20)19-10-14(11-19)21-13-5-7-18-8-6-13/h1-8,14H,9-11H2. The van der Waals surface area contributed by atoms with Crippen LogP contribution in [-0.2, 0) is 11.2 Å². The minimum absolute atomic E-state index is 0.0580. The highest BCUT2D eigenvalue weighted by molar-refractivity contribution is 6.31. The Morgan fingerprint density at radius 3 is 2.67 bits per heavy atom. The van der Waals surface area contributed by atoms with E-state index in [2.05, 4.69) is 4.98 Å². The monoisotopic (exact) mass is 302 g/mol. The molecule has 1 aromatic heterocycles. The Hall–Kier alpha value is -2.07. The fourth-order valence-corrected chi connectivity index (χ4v) is 2.44. The van der Waals surface area contributed by atoms with Crippen LogP contribution in [0.5, 0.6) is 5.75 Å².